The van der Waals surface area contributed by atoms with E-state index in [0.717, 1.165) is 23.3 Å². The molecule has 0 aliphatic heterocycles. The molecule has 0 aliphatic carbocycles. The number of halogens is 1. The molecule has 1 heterocycles. The molecular formula is C18H23ClN2O2S2. The summed E-state index contributed by atoms with van der Waals surface area (Å²) >= 11 is 7.36. The third-order valence-corrected chi connectivity index (χ3v) is 6.03. The summed E-state index contributed by atoms with van der Waals surface area (Å²) in [5.74, 6) is 0.527. The van der Waals surface area contributed by atoms with Crippen LogP contribution in [0.15, 0.2) is 46.4 Å². The van der Waals surface area contributed by atoms with E-state index in [1.54, 1.807) is 18.2 Å². The number of nitrogens with zero attached hydrogens (tertiary/aromatic N) is 1. The van der Waals surface area contributed by atoms with Crippen LogP contribution in [0.2, 0.25) is 4.34 Å². The van der Waals surface area contributed by atoms with Gasteiger partial charge >= 0.3 is 0 Å². The molecule has 1 aromatic heterocycles. The van der Waals surface area contributed by atoms with Gasteiger partial charge < -0.3 is 0 Å². The standard InChI is InChI=1S/C18H23ClN2O2S2/c1-4-5-16(17-10-11-18(19)24-17)20-21-25(22,23)15-8-6-14(7-9-15)12-13(2)3/h6-11,13,21H,4-5,12H2,1-3H3/b20-16-. The van der Waals surface area contributed by atoms with Gasteiger partial charge in [-0.2, -0.15) is 18.4 Å². The smallest absolute Gasteiger partial charge is 0.200 e. The minimum atomic E-state index is -3.69. The van der Waals surface area contributed by atoms with Crippen molar-refractivity contribution in [2.45, 2.75) is 44.9 Å². The molecule has 136 valence electrons. The Bertz CT molecular complexity index is 825. The Labute approximate surface area is 159 Å². The third kappa shape index (κ3) is 5.83. The van der Waals surface area contributed by atoms with Gasteiger partial charge in [-0.25, -0.2) is 0 Å². The van der Waals surface area contributed by atoms with Crippen molar-refractivity contribution in [1.29, 1.82) is 0 Å². The fourth-order valence-electron chi connectivity index (χ4n) is 2.38. The van der Waals surface area contributed by atoms with Crippen molar-refractivity contribution in [3.05, 3.63) is 51.2 Å². The number of hydrogen-bond donors (Lipinski definition) is 1. The fraction of sp³-hybridized carbons (Fsp3) is 0.389. The number of hydrazone groups is 1. The molecule has 0 spiro atoms. The first-order chi connectivity index (χ1) is 11.8. The Balaban J connectivity index is 2.18. The molecule has 0 amide bonds. The lowest BCUT2D eigenvalue weighted by Gasteiger charge is -2.08. The van der Waals surface area contributed by atoms with E-state index in [1.807, 2.05) is 25.1 Å². The number of nitrogens with one attached hydrogen (secondary N) is 1. The Morgan fingerprint density at radius 3 is 2.40 bits per heavy atom. The maximum atomic E-state index is 12.5. The van der Waals surface area contributed by atoms with Crippen LogP contribution in [0.25, 0.3) is 0 Å². The van der Waals surface area contributed by atoms with E-state index in [9.17, 15) is 8.42 Å². The fourth-order valence-corrected chi connectivity index (χ4v) is 4.27. The van der Waals surface area contributed by atoms with Crippen LogP contribution < -0.4 is 4.83 Å². The van der Waals surface area contributed by atoms with Crippen LogP contribution in [0.5, 0.6) is 0 Å². The molecule has 0 aliphatic rings. The molecule has 1 N–H and O–H groups in total. The van der Waals surface area contributed by atoms with Crippen molar-refractivity contribution in [2.75, 3.05) is 0 Å². The van der Waals surface area contributed by atoms with E-state index in [-0.39, 0.29) is 4.90 Å². The minimum absolute atomic E-state index is 0.212. The summed E-state index contributed by atoms with van der Waals surface area (Å²) in [5.41, 5.74) is 1.82. The number of benzene rings is 1. The first-order valence-corrected chi connectivity index (χ1v) is 10.9. The van der Waals surface area contributed by atoms with Gasteiger partial charge in [-0.3, -0.25) is 0 Å². The quantitative estimate of drug-likeness (QED) is 0.497. The predicted octanol–water partition coefficient (Wildman–Crippen LogP) is 5.08. The number of thiophene rings is 1. The van der Waals surface area contributed by atoms with Gasteiger partial charge in [0.2, 0.25) is 0 Å². The Morgan fingerprint density at radius 1 is 1.20 bits per heavy atom. The van der Waals surface area contributed by atoms with E-state index in [2.05, 4.69) is 23.8 Å². The van der Waals surface area contributed by atoms with Gasteiger partial charge in [-0.1, -0.05) is 50.9 Å². The van der Waals surface area contributed by atoms with Crippen molar-refractivity contribution in [2.24, 2.45) is 11.0 Å². The highest BCUT2D eigenvalue weighted by Crippen LogP contribution is 2.23. The Hall–Kier alpha value is -1.37. The second-order valence-electron chi connectivity index (χ2n) is 6.25. The topological polar surface area (TPSA) is 58.5 Å². The van der Waals surface area contributed by atoms with Crippen LogP contribution >= 0.6 is 22.9 Å². The maximum Gasteiger partial charge on any atom is 0.276 e. The molecule has 0 fully saturated rings. The summed E-state index contributed by atoms with van der Waals surface area (Å²) in [6.45, 7) is 6.28. The summed E-state index contributed by atoms with van der Waals surface area (Å²) < 4.78 is 25.6. The van der Waals surface area contributed by atoms with Gasteiger partial charge in [0, 0.05) is 0 Å². The van der Waals surface area contributed by atoms with Crippen molar-refractivity contribution in [3.63, 3.8) is 0 Å². The molecule has 0 bridgehead atoms. The molecule has 0 unspecified atom stereocenters. The SMILES string of the molecule is CCC/C(=N/NS(=O)(=O)c1ccc(CC(C)C)cc1)c1ccc(Cl)s1. The lowest BCUT2D eigenvalue weighted by molar-refractivity contribution is 0.584. The highest BCUT2D eigenvalue weighted by molar-refractivity contribution is 7.89. The van der Waals surface area contributed by atoms with Crippen molar-refractivity contribution >= 4 is 38.7 Å². The van der Waals surface area contributed by atoms with Gasteiger partial charge in [0.25, 0.3) is 10.0 Å². The molecule has 2 rings (SSSR count). The zero-order valence-electron chi connectivity index (χ0n) is 14.6. The first kappa shape index (κ1) is 19.9. The number of hydrogen-bond acceptors (Lipinski definition) is 4. The van der Waals surface area contributed by atoms with Gasteiger partial charge in [0.05, 0.1) is 19.8 Å². The van der Waals surface area contributed by atoms with Crippen LogP contribution in [0.1, 0.15) is 44.1 Å². The van der Waals surface area contributed by atoms with Crippen LogP contribution in [0, 0.1) is 5.92 Å². The molecule has 0 saturated heterocycles. The molecule has 0 radical (unpaired) electrons. The van der Waals surface area contributed by atoms with E-state index in [1.165, 1.54) is 11.3 Å². The molecule has 0 atom stereocenters. The van der Waals surface area contributed by atoms with E-state index in [0.29, 0.717) is 22.4 Å². The van der Waals surface area contributed by atoms with Crippen LogP contribution in [0.3, 0.4) is 0 Å². The number of sulfonamides is 1. The molecule has 1 aromatic carbocycles. The zero-order valence-corrected chi connectivity index (χ0v) is 17.0. The molecule has 2 aromatic rings. The second-order valence-corrected chi connectivity index (χ2v) is 9.62. The van der Waals surface area contributed by atoms with E-state index >= 15 is 0 Å². The normalized spacial score (nSPS) is 12.6. The molecular weight excluding hydrogens is 376 g/mol. The molecule has 0 saturated carbocycles. The monoisotopic (exact) mass is 398 g/mol. The maximum absolute atomic E-state index is 12.5. The predicted molar refractivity (Wildman–Crippen MR) is 106 cm³/mol. The van der Waals surface area contributed by atoms with Gasteiger partial charge in [0.15, 0.2) is 0 Å². The number of rotatable bonds is 8. The Kier molecular flexibility index (Phi) is 7.04. The average molecular weight is 399 g/mol. The van der Waals surface area contributed by atoms with E-state index in [4.69, 9.17) is 11.6 Å². The second kappa shape index (κ2) is 8.83. The van der Waals surface area contributed by atoms with Crippen molar-refractivity contribution in [1.82, 2.24) is 4.83 Å². The molecule has 25 heavy (non-hydrogen) atoms. The summed E-state index contributed by atoms with van der Waals surface area (Å²) in [6.07, 6.45) is 2.46. The van der Waals surface area contributed by atoms with E-state index < -0.39 is 10.0 Å². The van der Waals surface area contributed by atoms with Crippen LogP contribution in [-0.4, -0.2) is 14.1 Å². The van der Waals surface area contributed by atoms with Crippen LogP contribution in [0.4, 0.5) is 0 Å². The first-order valence-electron chi connectivity index (χ1n) is 8.25. The summed E-state index contributed by atoms with van der Waals surface area (Å²) in [6, 6.07) is 10.6. The largest absolute Gasteiger partial charge is 0.276 e. The third-order valence-electron chi connectivity index (χ3n) is 3.52. The van der Waals surface area contributed by atoms with Crippen LogP contribution in [-0.2, 0) is 16.4 Å². The minimum Gasteiger partial charge on any atom is -0.200 e. The summed E-state index contributed by atoms with van der Waals surface area (Å²) in [5, 5.41) is 4.15. The Morgan fingerprint density at radius 2 is 1.88 bits per heavy atom. The molecule has 7 heteroatoms. The lowest BCUT2D eigenvalue weighted by atomic mass is 10.0. The van der Waals surface area contributed by atoms with Crippen molar-refractivity contribution < 1.29 is 8.42 Å². The average Bonchev–Trinajstić information content (AvgIpc) is 2.98. The van der Waals surface area contributed by atoms with Gasteiger partial charge in [-0.15, -0.1) is 11.3 Å². The molecule has 4 nitrogen and oxygen atoms in total. The van der Waals surface area contributed by atoms with Crippen molar-refractivity contribution in [3.8, 4) is 0 Å². The summed E-state index contributed by atoms with van der Waals surface area (Å²) in [7, 11) is -3.69. The lowest BCUT2D eigenvalue weighted by Crippen LogP contribution is -2.20. The zero-order chi connectivity index (χ0) is 18.4. The van der Waals surface area contributed by atoms with Gasteiger partial charge in [-0.05, 0) is 48.6 Å². The summed E-state index contributed by atoms with van der Waals surface area (Å²) in [4.78, 5) is 3.44. The highest BCUT2D eigenvalue weighted by atomic mass is 35.5. The van der Waals surface area contributed by atoms with Gasteiger partial charge in [0.1, 0.15) is 0 Å². The highest BCUT2D eigenvalue weighted by Gasteiger charge is 2.14.